The number of rotatable bonds is 6. The van der Waals surface area contributed by atoms with Gasteiger partial charge in [0.25, 0.3) is 11.8 Å². The fourth-order valence-corrected chi connectivity index (χ4v) is 3.09. The van der Waals surface area contributed by atoms with Crippen LogP contribution in [0.4, 0.5) is 5.69 Å². The molecule has 2 heterocycles. The Hall–Kier alpha value is -3.81. The number of imide groups is 1. The van der Waals surface area contributed by atoms with E-state index in [1.807, 2.05) is 0 Å². The number of nitrogens with one attached hydrogen (secondary N) is 1. The highest BCUT2D eigenvalue weighted by atomic mass is 16.4. The van der Waals surface area contributed by atoms with Crippen LogP contribution in [0.25, 0.3) is 11.5 Å². The van der Waals surface area contributed by atoms with E-state index in [1.54, 1.807) is 48.5 Å². The predicted octanol–water partition coefficient (Wildman–Crippen LogP) is 2.75. The molecule has 0 unspecified atom stereocenters. The van der Waals surface area contributed by atoms with Crippen LogP contribution in [0.5, 0.6) is 0 Å². The third-order valence-corrected chi connectivity index (χ3v) is 4.42. The minimum absolute atomic E-state index is 0.179. The lowest BCUT2D eigenvalue weighted by molar-refractivity contribution is -0.116. The van der Waals surface area contributed by atoms with Gasteiger partial charge in [-0.05, 0) is 36.8 Å². The van der Waals surface area contributed by atoms with Gasteiger partial charge in [0.1, 0.15) is 0 Å². The minimum Gasteiger partial charge on any atom is -0.423 e. The van der Waals surface area contributed by atoms with Crippen molar-refractivity contribution < 1.29 is 18.8 Å². The quantitative estimate of drug-likeness (QED) is 0.663. The Kier molecular flexibility index (Phi) is 4.67. The van der Waals surface area contributed by atoms with E-state index in [1.165, 1.54) is 11.3 Å². The van der Waals surface area contributed by atoms with Crippen LogP contribution in [0.1, 0.15) is 33.6 Å². The highest BCUT2D eigenvalue weighted by Gasteiger charge is 2.34. The molecule has 2 aromatic carbocycles. The second-order valence-corrected chi connectivity index (χ2v) is 6.28. The van der Waals surface area contributed by atoms with Crippen LogP contribution in [0.2, 0.25) is 0 Å². The molecular weight excluding hydrogens is 360 g/mol. The molecule has 0 atom stereocenters. The van der Waals surface area contributed by atoms with Crippen molar-refractivity contribution >= 4 is 23.4 Å². The average molecular weight is 376 g/mol. The van der Waals surface area contributed by atoms with Gasteiger partial charge in [0.05, 0.1) is 11.1 Å². The van der Waals surface area contributed by atoms with Crippen molar-refractivity contribution in [3.8, 4) is 11.5 Å². The van der Waals surface area contributed by atoms with E-state index in [2.05, 4.69) is 15.5 Å². The second-order valence-electron chi connectivity index (χ2n) is 6.28. The van der Waals surface area contributed by atoms with E-state index in [0.29, 0.717) is 34.7 Å². The van der Waals surface area contributed by atoms with E-state index >= 15 is 0 Å². The lowest BCUT2D eigenvalue weighted by Gasteiger charge is -2.13. The van der Waals surface area contributed by atoms with Crippen LogP contribution < -0.4 is 5.32 Å². The summed E-state index contributed by atoms with van der Waals surface area (Å²) >= 11 is 0. The van der Waals surface area contributed by atoms with Gasteiger partial charge in [-0.2, -0.15) is 0 Å². The summed E-state index contributed by atoms with van der Waals surface area (Å²) in [4.78, 5) is 38.0. The first-order valence-corrected chi connectivity index (χ1v) is 8.75. The van der Waals surface area contributed by atoms with Gasteiger partial charge in [0.15, 0.2) is 0 Å². The number of carbonyl (C=O) groups is 3. The van der Waals surface area contributed by atoms with Gasteiger partial charge < -0.3 is 9.73 Å². The number of carbonyl (C=O) groups excluding carboxylic acids is 3. The SMILES string of the molecule is O=C(CCCN1C(=O)c2ccccc2C1=O)Nc1cccc(-c2nnco2)c1. The largest absolute Gasteiger partial charge is 0.423 e. The molecule has 1 aromatic heterocycles. The standard InChI is InChI=1S/C20H16N4O4/c25-17(22-14-6-3-5-13(11-14)18-23-21-12-28-18)9-4-10-24-19(26)15-7-1-2-8-16(15)20(24)27/h1-3,5-8,11-12H,4,9-10H2,(H,22,25). The number of hydrogen-bond acceptors (Lipinski definition) is 6. The van der Waals surface area contributed by atoms with Gasteiger partial charge >= 0.3 is 0 Å². The molecule has 8 nitrogen and oxygen atoms in total. The number of benzene rings is 2. The normalized spacial score (nSPS) is 12.9. The molecule has 0 saturated heterocycles. The third-order valence-electron chi connectivity index (χ3n) is 4.42. The maximum Gasteiger partial charge on any atom is 0.261 e. The molecule has 0 spiro atoms. The topological polar surface area (TPSA) is 105 Å². The monoisotopic (exact) mass is 376 g/mol. The first-order valence-electron chi connectivity index (χ1n) is 8.75. The molecule has 28 heavy (non-hydrogen) atoms. The van der Waals surface area contributed by atoms with Crippen molar-refractivity contribution in [2.24, 2.45) is 0 Å². The summed E-state index contributed by atoms with van der Waals surface area (Å²) in [5, 5.41) is 10.3. The third kappa shape index (κ3) is 3.39. The van der Waals surface area contributed by atoms with Gasteiger partial charge in [0, 0.05) is 24.2 Å². The summed E-state index contributed by atoms with van der Waals surface area (Å²) in [5.74, 6) is -0.470. The number of aromatic nitrogens is 2. The first-order chi connectivity index (χ1) is 13.6. The Bertz CT molecular complexity index is 1010. The van der Waals surface area contributed by atoms with Crippen molar-refractivity contribution in [3.63, 3.8) is 0 Å². The van der Waals surface area contributed by atoms with Gasteiger partial charge in [-0.25, -0.2) is 0 Å². The van der Waals surface area contributed by atoms with Crippen molar-refractivity contribution in [1.82, 2.24) is 15.1 Å². The van der Waals surface area contributed by atoms with Crippen molar-refractivity contribution in [3.05, 3.63) is 66.1 Å². The number of nitrogens with zero attached hydrogens (tertiary/aromatic N) is 3. The summed E-state index contributed by atoms with van der Waals surface area (Å²) in [5.41, 5.74) is 2.12. The summed E-state index contributed by atoms with van der Waals surface area (Å²) in [6, 6.07) is 13.8. The molecule has 1 N–H and O–H groups in total. The highest BCUT2D eigenvalue weighted by molar-refractivity contribution is 6.21. The van der Waals surface area contributed by atoms with E-state index in [-0.39, 0.29) is 30.7 Å². The van der Waals surface area contributed by atoms with Crippen molar-refractivity contribution in [2.75, 3.05) is 11.9 Å². The molecule has 8 heteroatoms. The summed E-state index contributed by atoms with van der Waals surface area (Å²) in [6.45, 7) is 0.196. The van der Waals surface area contributed by atoms with Crippen LogP contribution in [0.3, 0.4) is 0 Å². The minimum atomic E-state index is -0.312. The van der Waals surface area contributed by atoms with E-state index in [4.69, 9.17) is 4.42 Å². The number of anilines is 1. The molecule has 3 amide bonds. The van der Waals surface area contributed by atoms with Crippen LogP contribution in [-0.4, -0.2) is 39.4 Å². The van der Waals surface area contributed by atoms with Gasteiger partial charge in [-0.1, -0.05) is 18.2 Å². The fourth-order valence-electron chi connectivity index (χ4n) is 3.09. The molecule has 1 aliphatic heterocycles. The molecule has 0 fully saturated rings. The zero-order valence-electron chi connectivity index (χ0n) is 14.8. The lowest BCUT2D eigenvalue weighted by Crippen LogP contribution is -2.31. The van der Waals surface area contributed by atoms with Crippen LogP contribution in [0.15, 0.2) is 59.3 Å². The predicted molar refractivity (Wildman–Crippen MR) is 99.4 cm³/mol. The molecule has 0 bridgehead atoms. The zero-order valence-corrected chi connectivity index (χ0v) is 14.8. The maximum atomic E-state index is 12.3. The summed E-state index contributed by atoms with van der Waals surface area (Å²) in [7, 11) is 0. The highest BCUT2D eigenvalue weighted by Crippen LogP contribution is 2.23. The summed E-state index contributed by atoms with van der Waals surface area (Å²) in [6.07, 6.45) is 1.79. The first kappa shape index (κ1) is 17.6. The number of fused-ring (bicyclic) bond motifs is 1. The lowest BCUT2D eigenvalue weighted by atomic mass is 10.1. The molecule has 0 radical (unpaired) electrons. The Morgan fingerprint density at radius 1 is 1.04 bits per heavy atom. The molecule has 1 aliphatic rings. The van der Waals surface area contributed by atoms with Crippen LogP contribution in [-0.2, 0) is 4.79 Å². The van der Waals surface area contributed by atoms with Crippen molar-refractivity contribution in [2.45, 2.75) is 12.8 Å². The summed E-state index contributed by atoms with van der Waals surface area (Å²) < 4.78 is 5.14. The van der Waals surface area contributed by atoms with Crippen LogP contribution >= 0.6 is 0 Å². The molecular formula is C20H16N4O4. The Morgan fingerprint density at radius 2 is 1.79 bits per heavy atom. The van der Waals surface area contributed by atoms with Gasteiger partial charge in [-0.3, -0.25) is 19.3 Å². The van der Waals surface area contributed by atoms with Crippen LogP contribution in [0, 0.1) is 0 Å². The second kappa shape index (κ2) is 7.43. The molecule has 0 saturated carbocycles. The van der Waals surface area contributed by atoms with E-state index in [0.717, 1.165) is 0 Å². The fraction of sp³-hybridized carbons (Fsp3) is 0.150. The Balaban J connectivity index is 1.32. The Labute approximate surface area is 160 Å². The number of amides is 3. The molecule has 4 rings (SSSR count). The molecule has 3 aromatic rings. The van der Waals surface area contributed by atoms with E-state index < -0.39 is 0 Å². The Morgan fingerprint density at radius 3 is 2.46 bits per heavy atom. The number of hydrogen-bond donors (Lipinski definition) is 1. The molecule has 140 valence electrons. The van der Waals surface area contributed by atoms with E-state index in [9.17, 15) is 14.4 Å². The van der Waals surface area contributed by atoms with Crippen molar-refractivity contribution in [1.29, 1.82) is 0 Å². The zero-order chi connectivity index (χ0) is 19.5. The van der Waals surface area contributed by atoms with Gasteiger partial charge in [-0.15, -0.1) is 10.2 Å². The average Bonchev–Trinajstić information content (AvgIpc) is 3.32. The maximum absolute atomic E-state index is 12.3. The smallest absolute Gasteiger partial charge is 0.261 e. The molecule has 0 aliphatic carbocycles. The van der Waals surface area contributed by atoms with Gasteiger partial charge in [0.2, 0.25) is 18.2 Å².